The summed E-state index contributed by atoms with van der Waals surface area (Å²) in [6, 6.07) is 12.9. The summed E-state index contributed by atoms with van der Waals surface area (Å²) in [6.45, 7) is 1.28. The molecular formula is C21H22N4O4S2. The van der Waals surface area contributed by atoms with Crippen LogP contribution in [0.25, 0.3) is 10.8 Å². The molecule has 2 aliphatic rings. The van der Waals surface area contributed by atoms with Gasteiger partial charge in [0.25, 0.3) is 5.22 Å². The second-order valence-electron chi connectivity index (χ2n) is 7.76. The van der Waals surface area contributed by atoms with Gasteiger partial charge in [0.15, 0.2) is 0 Å². The minimum Gasteiger partial charge on any atom is -0.416 e. The van der Waals surface area contributed by atoms with Crippen molar-refractivity contribution in [1.29, 1.82) is 0 Å². The van der Waals surface area contributed by atoms with Gasteiger partial charge in [-0.3, -0.25) is 4.79 Å². The van der Waals surface area contributed by atoms with E-state index < -0.39 is 10.0 Å². The average Bonchev–Trinajstić information content (AvgIpc) is 3.55. The molecule has 1 saturated carbocycles. The Hall–Kier alpha value is -2.43. The Morgan fingerprint density at radius 1 is 1.03 bits per heavy atom. The lowest BCUT2D eigenvalue weighted by molar-refractivity contribution is -0.129. The zero-order valence-corrected chi connectivity index (χ0v) is 18.4. The van der Waals surface area contributed by atoms with Gasteiger partial charge in [0, 0.05) is 32.1 Å². The van der Waals surface area contributed by atoms with E-state index in [0.29, 0.717) is 30.1 Å². The van der Waals surface area contributed by atoms with Crippen LogP contribution in [0.5, 0.6) is 0 Å². The maximum Gasteiger partial charge on any atom is 0.277 e. The second-order valence-corrected chi connectivity index (χ2v) is 10.6. The van der Waals surface area contributed by atoms with E-state index in [9.17, 15) is 13.2 Å². The van der Waals surface area contributed by atoms with Gasteiger partial charge in [-0.1, -0.05) is 42.1 Å². The predicted molar refractivity (Wildman–Crippen MR) is 116 cm³/mol. The third-order valence-electron chi connectivity index (χ3n) is 5.62. The highest BCUT2D eigenvalue weighted by Crippen LogP contribution is 2.39. The molecule has 0 spiro atoms. The molecule has 162 valence electrons. The van der Waals surface area contributed by atoms with Crippen molar-refractivity contribution >= 4 is 38.5 Å². The number of carbonyl (C=O) groups is 1. The van der Waals surface area contributed by atoms with Gasteiger partial charge in [0.05, 0.1) is 10.6 Å². The average molecular weight is 459 g/mol. The molecule has 0 atom stereocenters. The summed E-state index contributed by atoms with van der Waals surface area (Å²) < 4.78 is 33.2. The Balaban J connectivity index is 1.18. The lowest BCUT2D eigenvalue weighted by Gasteiger charge is -2.34. The molecule has 0 unspecified atom stereocenters. The monoisotopic (exact) mass is 458 g/mol. The van der Waals surface area contributed by atoms with Crippen molar-refractivity contribution < 1.29 is 17.6 Å². The molecule has 1 aliphatic carbocycles. The number of carbonyl (C=O) groups excluding carboxylic acids is 1. The highest BCUT2D eigenvalue weighted by Gasteiger charge is 2.31. The van der Waals surface area contributed by atoms with Gasteiger partial charge >= 0.3 is 0 Å². The van der Waals surface area contributed by atoms with E-state index in [0.717, 1.165) is 23.6 Å². The number of hydrogen-bond donors (Lipinski definition) is 0. The van der Waals surface area contributed by atoms with Crippen molar-refractivity contribution in [2.75, 3.05) is 31.9 Å². The quantitative estimate of drug-likeness (QED) is 0.524. The Labute approximate surface area is 184 Å². The molecule has 0 N–H and O–H groups in total. The number of amides is 1. The number of aromatic nitrogens is 2. The van der Waals surface area contributed by atoms with Gasteiger partial charge in [-0.25, -0.2) is 8.42 Å². The molecule has 2 aromatic carbocycles. The van der Waals surface area contributed by atoms with Crippen molar-refractivity contribution in [3.8, 4) is 0 Å². The van der Waals surface area contributed by atoms with Gasteiger partial charge < -0.3 is 9.32 Å². The Bertz CT molecular complexity index is 1210. The van der Waals surface area contributed by atoms with E-state index in [2.05, 4.69) is 10.2 Å². The summed E-state index contributed by atoms with van der Waals surface area (Å²) in [5.41, 5.74) is 0. The van der Waals surface area contributed by atoms with E-state index in [1.807, 2.05) is 30.3 Å². The molecule has 0 bridgehead atoms. The standard InChI is InChI=1S/C21H22N4O4S2/c26-19(14-30-21-23-22-20(29-21)16-5-6-16)24-9-11-25(12-10-24)31(27,28)18-8-7-15-3-1-2-4-17(15)13-18/h1-4,7-8,13,16H,5-6,9-12,14H2. The molecule has 1 aliphatic heterocycles. The number of benzene rings is 2. The molecule has 0 radical (unpaired) electrons. The van der Waals surface area contributed by atoms with E-state index in [1.165, 1.54) is 16.1 Å². The third-order valence-corrected chi connectivity index (χ3v) is 8.32. The first-order valence-electron chi connectivity index (χ1n) is 10.2. The molecule has 2 heterocycles. The molecule has 31 heavy (non-hydrogen) atoms. The molecule has 5 rings (SSSR count). The molecule has 1 aromatic heterocycles. The molecule has 8 nitrogen and oxygen atoms in total. The number of fused-ring (bicyclic) bond motifs is 1. The molecule has 1 saturated heterocycles. The number of sulfonamides is 1. The van der Waals surface area contributed by atoms with Gasteiger partial charge in [-0.2, -0.15) is 4.31 Å². The van der Waals surface area contributed by atoms with Gasteiger partial charge in [-0.15, -0.1) is 10.2 Å². The van der Waals surface area contributed by atoms with Gasteiger partial charge in [0.2, 0.25) is 21.8 Å². The van der Waals surface area contributed by atoms with Crippen molar-refractivity contribution in [2.24, 2.45) is 0 Å². The Morgan fingerprint density at radius 3 is 2.52 bits per heavy atom. The van der Waals surface area contributed by atoms with Crippen LogP contribution >= 0.6 is 11.8 Å². The SMILES string of the molecule is O=C(CSc1nnc(C2CC2)o1)N1CCN(S(=O)(=O)c2ccc3ccccc3c2)CC1. The maximum atomic E-state index is 13.1. The summed E-state index contributed by atoms with van der Waals surface area (Å²) in [6.07, 6.45) is 2.16. The maximum absolute atomic E-state index is 13.1. The predicted octanol–water partition coefficient (Wildman–Crippen LogP) is 2.73. The number of thioether (sulfide) groups is 1. The lowest BCUT2D eigenvalue weighted by Crippen LogP contribution is -2.50. The summed E-state index contributed by atoms with van der Waals surface area (Å²) >= 11 is 1.23. The van der Waals surface area contributed by atoms with Crippen LogP contribution in [0, 0.1) is 0 Å². The first-order chi connectivity index (χ1) is 15.0. The van der Waals surface area contributed by atoms with E-state index in [1.54, 1.807) is 17.0 Å². The molecule has 1 amide bonds. The van der Waals surface area contributed by atoms with E-state index in [-0.39, 0.29) is 29.6 Å². The van der Waals surface area contributed by atoms with Crippen molar-refractivity contribution in [1.82, 2.24) is 19.4 Å². The third kappa shape index (κ3) is 4.32. The molecular weight excluding hydrogens is 436 g/mol. The number of hydrogen-bond acceptors (Lipinski definition) is 7. The van der Waals surface area contributed by atoms with Crippen molar-refractivity contribution in [2.45, 2.75) is 28.9 Å². The van der Waals surface area contributed by atoms with E-state index in [4.69, 9.17) is 4.42 Å². The van der Waals surface area contributed by atoms with Crippen LogP contribution in [0.1, 0.15) is 24.7 Å². The normalized spacial score (nSPS) is 17.9. The highest BCUT2D eigenvalue weighted by molar-refractivity contribution is 7.99. The minimum atomic E-state index is -3.60. The fourth-order valence-corrected chi connectivity index (χ4v) is 5.77. The topological polar surface area (TPSA) is 96.6 Å². The lowest BCUT2D eigenvalue weighted by atomic mass is 10.1. The van der Waals surface area contributed by atoms with Crippen molar-refractivity contribution in [3.63, 3.8) is 0 Å². The first-order valence-corrected chi connectivity index (χ1v) is 12.7. The minimum absolute atomic E-state index is 0.0566. The summed E-state index contributed by atoms with van der Waals surface area (Å²) in [4.78, 5) is 14.5. The number of nitrogens with zero attached hydrogens (tertiary/aromatic N) is 4. The van der Waals surface area contributed by atoms with E-state index >= 15 is 0 Å². The van der Waals surface area contributed by atoms with Crippen LogP contribution in [-0.2, 0) is 14.8 Å². The van der Waals surface area contributed by atoms with Crippen LogP contribution in [0.15, 0.2) is 57.0 Å². The fraction of sp³-hybridized carbons (Fsp3) is 0.381. The molecule has 3 aromatic rings. The number of rotatable bonds is 6. The summed E-state index contributed by atoms with van der Waals surface area (Å²) in [7, 11) is -3.60. The Kier molecular flexibility index (Phi) is 5.45. The van der Waals surface area contributed by atoms with Crippen LogP contribution in [0.4, 0.5) is 0 Å². The van der Waals surface area contributed by atoms with Crippen LogP contribution < -0.4 is 0 Å². The van der Waals surface area contributed by atoms with Crippen molar-refractivity contribution in [3.05, 3.63) is 48.4 Å². The summed E-state index contributed by atoms with van der Waals surface area (Å²) in [5.74, 6) is 1.18. The molecule has 10 heteroatoms. The van der Waals surface area contributed by atoms with Crippen LogP contribution in [0.2, 0.25) is 0 Å². The second kappa shape index (κ2) is 8.25. The zero-order chi connectivity index (χ0) is 21.4. The van der Waals surface area contributed by atoms with Crippen LogP contribution in [-0.4, -0.2) is 65.7 Å². The molecule has 2 fully saturated rings. The number of piperazine rings is 1. The van der Waals surface area contributed by atoms with Gasteiger partial charge in [0.1, 0.15) is 0 Å². The van der Waals surface area contributed by atoms with Crippen LogP contribution in [0.3, 0.4) is 0 Å². The highest BCUT2D eigenvalue weighted by atomic mass is 32.2. The van der Waals surface area contributed by atoms with Gasteiger partial charge in [-0.05, 0) is 35.7 Å². The smallest absolute Gasteiger partial charge is 0.277 e. The fourth-order valence-electron chi connectivity index (χ4n) is 3.64. The summed E-state index contributed by atoms with van der Waals surface area (Å²) in [5, 5.41) is 10.3. The largest absolute Gasteiger partial charge is 0.416 e. The zero-order valence-electron chi connectivity index (χ0n) is 16.8. The Morgan fingerprint density at radius 2 is 1.77 bits per heavy atom. The first kappa shape index (κ1) is 20.5.